The zero-order valence-electron chi connectivity index (χ0n) is 8.93. The predicted octanol–water partition coefficient (Wildman–Crippen LogP) is 1.30. The van der Waals surface area contributed by atoms with E-state index in [1.54, 1.807) is 24.1 Å². The minimum atomic E-state index is -0.373. The number of benzene rings is 1. The number of nitrogens with zero attached hydrogens (tertiary/aromatic N) is 2. The summed E-state index contributed by atoms with van der Waals surface area (Å²) in [5.41, 5.74) is 7.16. The summed E-state index contributed by atoms with van der Waals surface area (Å²) in [6.07, 6.45) is 0. The van der Waals surface area contributed by atoms with Crippen LogP contribution in [0.2, 0.25) is 0 Å². The average Bonchev–Trinajstić information content (AvgIpc) is 2.17. The van der Waals surface area contributed by atoms with Gasteiger partial charge >= 0.3 is 0 Å². The number of nitrogens with two attached hydrogens (primary N) is 1. The maximum absolute atomic E-state index is 10.8. The first-order valence-electron chi connectivity index (χ1n) is 4.72. The third-order valence-corrected chi connectivity index (χ3v) is 2.20. The minimum Gasteiger partial charge on any atom is -0.368 e. The first kappa shape index (κ1) is 11.5. The van der Waals surface area contributed by atoms with Crippen molar-refractivity contribution < 1.29 is 4.92 Å². The van der Waals surface area contributed by atoms with Crippen LogP contribution in [0.5, 0.6) is 0 Å². The van der Waals surface area contributed by atoms with Gasteiger partial charge in [0.1, 0.15) is 5.69 Å². The first-order chi connectivity index (χ1) is 7.06. The van der Waals surface area contributed by atoms with Crippen molar-refractivity contribution in [1.29, 1.82) is 0 Å². The van der Waals surface area contributed by atoms with Crippen LogP contribution in [0.4, 0.5) is 11.4 Å². The van der Waals surface area contributed by atoms with E-state index in [1.165, 1.54) is 6.07 Å². The predicted molar refractivity (Wildman–Crippen MR) is 60.2 cm³/mol. The van der Waals surface area contributed by atoms with Gasteiger partial charge in [-0.2, -0.15) is 0 Å². The quantitative estimate of drug-likeness (QED) is 0.599. The van der Waals surface area contributed by atoms with E-state index >= 15 is 0 Å². The van der Waals surface area contributed by atoms with Gasteiger partial charge in [-0.25, -0.2) is 0 Å². The summed E-state index contributed by atoms with van der Waals surface area (Å²) < 4.78 is 0. The van der Waals surface area contributed by atoms with Gasteiger partial charge in [0.05, 0.1) is 4.92 Å². The number of anilines is 1. The van der Waals surface area contributed by atoms with Gasteiger partial charge in [-0.05, 0) is 18.6 Å². The van der Waals surface area contributed by atoms with E-state index in [0.717, 1.165) is 5.56 Å². The summed E-state index contributed by atoms with van der Waals surface area (Å²) in [6, 6.07) is 5.06. The van der Waals surface area contributed by atoms with Crippen molar-refractivity contribution in [2.24, 2.45) is 5.73 Å². The molecule has 0 radical (unpaired) electrons. The van der Waals surface area contributed by atoms with Gasteiger partial charge in [0.2, 0.25) is 0 Å². The molecule has 0 saturated carbocycles. The van der Waals surface area contributed by atoms with Crippen LogP contribution in [0.15, 0.2) is 18.2 Å². The highest BCUT2D eigenvalue weighted by molar-refractivity contribution is 5.64. The van der Waals surface area contributed by atoms with E-state index in [-0.39, 0.29) is 10.6 Å². The van der Waals surface area contributed by atoms with E-state index in [9.17, 15) is 10.1 Å². The lowest BCUT2D eigenvalue weighted by atomic mass is 10.2. The normalized spacial score (nSPS) is 10.1. The summed E-state index contributed by atoms with van der Waals surface area (Å²) in [6.45, 7) is 2.98. The molecule has 2 N–H and O–H groups in total. The molecule has 0 amide bonds. The molecule has 0 atom stereocenters. The van der Waals surface area contributed by atoms with Crippen LogP contribution in [0.25, 0.3) is 0 Å². The molecule has 0 fully saturated rings. The summed E-state index contributed by atoms with van der Waals surface area (Å²) in [4.78, 5) is 12.2. The molecule has 5 heteroatoms. The monoisotopic (exact) mass is 209 g/mol. The van der Waals surface area contributed by atoms with Crippen LogP contribution in [0, 0.1) is 17.0 Å². The van der Waals surface area contributed by atoms with Gasteiger partial charge in [-0.15, -0.1) is 0 Å². The fraction of sp³-hybridized carbons (Fsp3) is 0.400. The molecule has 0 aromatic heterocycles. The number of nitro benzene ring substituents is 1. The molecule has 15 heavy (non-hydrogen) atoms. The second-order valence-corrected chi connectivity index (χ2v) is 3.46. The van der Waals surface area contributed by atoms with E-state index < -0.39 is 0 Å². The van der Waals surface area contributed by atoms with Gasteiger partial charge in [0.15, 0.2) is 0 Å². The van der Waals surface area contributed by atoms with Crippen LogP contribution in [0.3, 0.4) is 0 Å². The molecular weight excluding hydrogens is 194 g/mol. The SMILES string of the molecule is Cc1ccc([N+](=O)[O-])c(N(C)CCN)c1. The molecular formula is C10H15N3O2. The topological polar surface area (TPSA) is 72.4 Å². The van der Waals surface area contributed by atoms with E-state index in [4.69, 9.17) is 5.73 Å². The first-order valence-corrected chi connectivity index (χ1v) is 4.72. The Balaban J connectivity index is 3.12. The molecule has 82 valence electrons. The van der Waals surface area contributed by atoms with E-state index in [0.29, 0.717) is 18.8 Å². The van der Waals surface area contributed by atoms with Crippen molar-refractivity contribution in [1.82, 2.24) is 0 Å². The lowest BCUT2D eigenvalue weighted by Gasteiger charge is -2.18. The molecule has 0 saturated heterocycles. The van der Waals surface area contributed by atoms with Crippen LogP contribution in [0.1, 0.15) is 5.56 Å². The second-order valence-electron chi connectivity index (χ2n) is 3.46. The molecule has 0 heterocycles. The molecule has 0 unspecified atom stereocenters. The van der Waals surface area contributed by atoms with Crippen molar-refractivity contribution in [3.05, 3.63) is 33.9 Å². The third-order valence-electron chi connectivity index (χ3n) is 2.20. The van der Waals surface area contributed by atoms with Gasteiger partial charge in [0.25, 0.3) is 5.69 Å². The van der Waals surface area contributed by atoms with Gasteiger partial charge in [-0.1, -0.05) is 6.07 Å². The average molecular weight is 209 g/mol. The summed E-state index contributed by atoms with van der Waals surface area (Å²) in [5, 5.41) is 10.8. The van der Waals surface area contributed by atoms with Crippen molar-refractivity contribution >= 4 is 11.4 Å². The Morgan fingerprint density at radius 3 is 2.73 bits per heavy atom. The third kappa shape index (κ3) is 2.66. The maximum atomic E-state index is 10.8. The van der Waals surface area contributed by atoms with Crippen LogP contribution >= 0.6 is 0 Å². The standard InChI is InChI=1S/C10H15N3O2/c1-8-3-4-9(13(14)15)10(7-8)12(2)6-5-11/h3-4,7H,5-6,11H2,1-2H3. The van der Waals surface area contributed by atoms with Gasteiger partial charge < -0.3 is 10.6 Å². The number of aryl methyl sites for hydroxylation is 1. The molecule has 0 aliphatic carbocycles. The van der Waals surface area contributed by atoms with E-state index in [2.05, 4.69) is 0 Å². The zero-order chi connectivity index (χ0) is 11.4. The molecule has 0 aliphatic heterocycles. The number of likely N-dealkylation sites (N-methyl/N-ethyl adjacent to an activating group) is 1. The smallest absolute Gasteiger partial charge is 0.292 e. The summed E-state index contributed by atoms with van der Waals surface area (Å²) in [5.74, 6) is 0. The molecule has 0 aliphatic rings. The fourth-order valence-corrected chi connectivity index (χ4v) is 1.41. The van der Waals surface area contributed by atoms with Crippen molar-refractivity contribution in [3.8, 4) is 0 Å². The number of hydrogen-bond donors (Lipinski definition) is 1. The maximum Gasteiger partial charge on any atom is 0.292 e. The molecule has 1 aromatic rings. The zero-order valence-corrected chi connectivity index (χ0v) is 8.93. The van der Waals surface area contributed by atoms with Crippen molar-refractivity contribution in [2.75, 3.05) is 25.0 Å². The highest BCUT2D eigenvalue weighted by Gasteiger charge is 2.16. The Bertz CT molecular complexity index is 366. The molecule has 0 spiro atoms. The Morgan fingerprint density at radius 2 is 2.20 bits per heavy atom. The van der Waals surface area contributed by atoms with Crippen LogP contribution in [-0.2, 0) is 0 Å². The van der Waals surface area contributed by atoms with Gasteiger partial charge in [0, 0.05) is 26.2 Å². The summed E-state index contributed by atoms with van der Waals surface area (Å²) >= 11 is 0. The largest absolute Gasteiger partial charge is 0.368 e. The lowest BCUT2D eigenvalue weighted by Crippen LogP contribution is -2.25. The number of nitro groups is 1. The Labute approximate surface area is 88.6 Å². The lowest BCUT2D eigenvalue weighted by molar-refractivity contribution is -0.384. The molecule has 1 aromatic carbocycles. The van der Waals surface area contributed by atoms with Gasteiger partial charge in [-0.3, -0.25) is 10.1 Å². The number of hydrogen-bond acceptors (Lipinski definition) is 4. The molecule has 5 nitrogen and oxygen atoms in total. The molecule has 1 rings (SSSR count). The van der Waals surface area contributed by atoms with E-state index in [1.807, 2.05) is 6.92 Å². The van der Waals surface area contributed by atoms with Crippen LogP contribution < -0.4 is 10.6 Å². The molecule has 0 bridgehead atoms. The fourth-order valence-electron chi connectivity index (χ4n) is 1.41. The number of rotatable bonds is 4. The highest BCUT2D eigenvalue weighted by Crippen LogP contribution is 2.27. The summed E-state index contributed by atoms with van der Waals surface area (Å²) in [7, 11) is 1.80. The Kier molecular flexibility index (Phi) is 3.62. The Morgan fingerprint density at radius 1 is 1.53 bits per heavy atom. The highest BCUT2D eigenvalue weighted by atomic mass is 16.6. The van der Waals surface area contributed by atoms with Crippen LogP contribution in [-0.4, -0.2) is 25.1 Å². The Hall–Kier alpha value is -1.62. The minimum absolute atomic E-state index is 0.122. The second kappa shape index (κ2) is 4.75. The van der Waals surface area contributed by atoms with Crippen molar-refractivity contribution in [3.63, 3.8) is 0 Å². The van der Waals surface area contributed by atoms with Crippen molar-refractivity contribution in [2.45, 2.75) is 6.92 Å².